The monoisotopic (exact) mass is 357 g/mol. The molecule has 0 saturated carbocycles. The molecule has 2 heterocycles. The van der Waals surface area contributed by atoms with Crippen molar-refractivity contribution in [3.63, 3.8) is 0 Å². The third kappa shape index (κ3) is 3.15. The zero-order chi connectivity index (χ0) is 18.0. The number of benzene rings is 1. The molecule has 3 aromatic rings. The van der Waals surface area contributed by atoms with Gasteiger partial charge in [0.15, 0.2) is 0 Å². The summed E-state index contributed by atoms with van der Waals surface area (Å²) in [6, 6.07) is 6.40. The van der Waals surface area contributed by atoms with Crippen LogP contribution in [-0.4, -0.2) is 22.1 Å². The second-order valence-electron chi connectivity index (χ2n) is 5.49. The number of aromatic nitrogens is 2. The van der Waals surface area contributed by atoms with Gasteiger partial charge in [-0.3, -0.25) is 9.36 Å². The smallest absolute Gasteiger partial charge is 0.263 e. The lowest BCUT2D eigenvalue weighted by Crippen LogP contribution is -2.37. The lowest BCUT2D eigenvalue weighted by atomic mass is 10.1. The zero-order valence-corrected chi connectivity index (χ0v) is 14.7. The molecule has 0 bridgehead atoms. The number of fused-ring (bicyclic) bond motifs is 1. The molecule has 0 radical (unpaired) electrons. The number of nitrogens with zero attached hydrogens (tertiary/aromatic N) is 2. The minimum Gasteiger partial charge on any atom is -0.548 e. The molecule has 6 nitrogen and oxygen atoms in total. The molecule has 0 unspecified atom stereocenters. The van der Waals surface area contributed by atoms with E-state index in [0.717, 1.165) is 21.4 Å². The van der Waals surface area contributed by atoms with E-state index in [-0.39, 0.29) is 12.0 Å². The Morgan fingerprint density at radius 1 is 1.32 bits per heavy atom. The van der Waals surface area contributed by atoms with Crippen molar-refractivity contribution in [2.75, 3.05) is 6.61 Å². The largest absolute Gasteiger partial charge is 0.548 e. The lowest BCUT2D eigenvalue weighted by molar-refractivity contribution is -0.310. The third-order valence-electron chi connectivity index (χ3n) is 3.99. The van der Waals surface area contributed by atoms with Gasteiger partial charge < -0.3 is 14.6 Å². The predicted octanol–water partition coefficient (Wildman–Crippen LogP) is 2.22. The van der Waals surface area contributed by atoms with E-state index in [1.54, 1.807) is 6.92 Å². The van der Waals surface area contributed by atoms with Crippen molar-refractivity contribution >= 4 is 27.5 Å². The number of carboxylic acid groups (broad SMARTS) is 1. The Balaban J connectivity index is 2.14. The van der Waals surface area contributed by atoms with Gasteiger partial charge in [-0.15, -0.1) is 11.3 Å². The first kappa shape index (κ1) is 17.2. The normalized spacial score (nSPS) is 12.2. The van der Waals surface area contributed by atoms with Gasteiger partial charge in [0, 0.05) is 10.9 Å². The number of hydrogen-bond acceptors (Lipinski definition) is 6. The first-order valence-corrected chi connectivity index (χ1v) is 8.87. The van der Waals surface area contributed by atoms with Crippen molar-refractivity contribution in [3.8, 4) is 16.9 Å². The Kier molecular flexibility index (Phi) is 4.85. The highest BCUT2D eigenvalue weighted by atomic mass is 32.1. The maximum atomic E-state index is 12.9. The van der Waals surface area contributed by atoms with Crippen LogP contribution in [0.25, 0.3) is 21.3 Å². The van der Waals surface area contributed by atoms with Crippen LogP contribution in [0.3, 0.4) is 0 Å². The molecule has 0 fully saturated rings. The van der Waals surface area contributed by atoms with Crippen LogP contribution in [0.2, 0.25) is 0 Å². The molecule has 1 aromatic carbocycles. The molecule has 3 rings (SSSR count). The molecular weight excluding hydrogens is 340 g/mol. The Labute approximate surface area is 148 Å². The number of aliphatic carboxylic acids is 1. The van der Waals surface area contributed by atoms with Crippen molar-refractivity contribution in [2.45, 2.75) is 26.3 Å². The molecule has 0 aliphatic heterocycles. The van der Waals surface area contributed by atoms with Crippen molar-refractivity contribution in [1.29, 1.82) is 0 Å². The van der Waals surface area contributed by atoms with Gasteiger partial charge in [-0.05, 0) is 31.0 Å². The van der Waals surface area contributed by atoms with Gasteiger partial charge in [-0.25, -0.2) is 4.98 Å². The highest BCUT2D eigenvalue weighted by Gasteiger charge is 2.18. The van der Waals surface area contributed by atoms with Crippen LogP contribution < -0.4 is 15.4 Å². The summed E-state index contributed by atoms with van der Waals surface area (Å²) in [6.07, 6.45) is 1.53. The topological polar surface area (TPSA) is 84.2 Å². The van der Waals surface area contributed by atoms with E-state index in [0.29, 0.717) is 16.8 Å². The van der Waals surface area contributed by atoms with Crippen molar-refractivity contribution in [2.24, 2.45) is 0 Å². The summed E-state index contributed by atoms with van der Waals surface area (Å²) in [4.78, 5) is 29.0. The van der Waals surface area contributed by atoms with Crippen LogP contribution in [0.15, 0.2) is 40.8 Å². The summed E-state index contributed by atoms with van der Waals surface area (Å²) in [5, 5.41) is 13.6. The van der Waals surface area contributed by atoms with Gasteiger partial charge in [0.05, 0.1) is 30.3 Å². The maximum absolute atomic E-state index is 12.9. The molecule has 1 atom stereocenters. The molecule has 7 heteroatoms. The summed E-state index contributed by atoms with van der Waals surface area (Å²) in [6.45, 7) is 4.19. The number of hydrogen-bond donors (Lipinski definition) is 0. The van der Waals surface area contributed by atoms with E-state index in [4.69, 9.17) is 4.74 Å². The van der Waals surface area contributed by atoms with Crippen molar-refractivity contribution < 1.29 is 14.6 Å². The fourth-order valence-electron chi connectivity index (χ4n) is 2.75. The van der Waals surface area contributed by atoms with Gasteiger partial charge in [0.25, 0.3) is 5.56 Å². The van der Waals surface area contributed by atoms with Crippen molar-refractivity contribution in [3.05, 3.63) is 46.3 Å². The molecule has 0 saturated heterocycles. The average Bonchev–Trinajstić information content (AvgIpc) is 3.03. The highest BCUT2D eigenvalue weighted by molar-refractivity contribution is 7.17. The Morgan fingerprint density at radius 2 is 2.04 bits per heavy atom. The lowest BCUT2D eigenvalue weighted by Gasteiger charge is -2.18. The molecule has 0 N–H and O–H groups in total. The second kappa shape index (κ2) is 7.06. The number of carbonyl (C=O) groups is 1. The molecule has 0 spiro atoms. The third-order valence-corrected chi connectivity index (χ3v) is 4.88. The standard InChI is InChI=1S/C18H18N2O4S/c1-3-14(18(22)23)20-10-19-16-15(17(20)21)13(9-25-16)11-5-7-12(8-6-11)24-4-2/h5-10,14H,3-4H2,1-2H3,(H,22,23)/p-1/t14-/m0/s1. The summed E-state index contributed by atoms with van der Waals surface area (Å²) < 4.78 is 6.57. The van der Waals surface area contributed by atoms with E-state index in [2.05, 4.69) is 4.98 Å². The van der Waals surface area contributed by atoms with E-state index < -0.39 is 12.0 Å². The first-order valence-electron chi connectivity index (χ1n) is 7.99. The zero-order valence-electron chi connectivity index (χ0n) is 13.9. The summed E-state index contributed by atoms with van der Waals surface area (Å²) in [5.41, 5.74) is 1.22. The molecule has 0 amide bonds. The van der Waals surface area contributed by atoms with E-state index in [1.165, 1.54) is 17.7 Å². The summed E-state index contributed by atoms with van der Waals surface area (Å²) >= 11 is 1.36. The fraction of sp³-hybridized carbons (Fsp3) is 0.278. The van der Waals surface area contributed by atoms with Crippen LogP contribution in [0.1, 0.15) is 26.3 Å². The number of carboxylic acids is 1. The minimum absolute atomic E-state index is 0.248. The average molecular weight is 357 g/mol. The summed E-state index contributed by atoms with van der Waals surface area (Å²) in [7, 11) is 0. The Bertz CT molecular complexity index is 959. The minimum atomic E-state index is -1.29. The predicted molar refractivity (Wildman–Crippen MR) is 94.8 cm³/mol. The number of thiophene rings is 1. The van der Waals surface area contributed by atoms with Crippen LogP contribution in [0.4, 0.5) is 0 Å². The Hall–Kier alpha value is -2.67. The van der Waals surface area contributed by atoms with Crippen LogP contribution in [-0.2, 0) is 4.79 Å². The van der Waals surface area contributed by atoms with Gasteiger partial charge in [0.1, 0.15) is 10.6 Å². The molecule has 130 valence electrons. The maximum Gasteiger partial charge on any atom is 0.263 e. The molecule has 2 aromatic heterocycles. The van der Waals surface area contributed by atoms with Gasteiger partial charge in [-0.1, -0.05) is 19.1 Å². The number of ether oxygens (including phenoxy) is 1. The van der Waals surface area contributed by atoms with E-state index >= 15 is 0 Å². The molecule has 25 heavy (non-hydrogen) atoms. The van der Waals surface area contributed by atoms with Crippen LogP contribution in [0.5, 0.6) is 5.75 Å². The van der Waals surface area contributed by atoms with Crippen LogP contribution in [0, 0.1) is 0 Å². The number of carbonyl (C=O) groups excluding carboxylic acids is 1. The number of rotatable bonds is 6. The van der Waals surface area contributed by atoms with Gasteiger partial charge in [-0.2, -0.15) is 0 Å². The van der Waals surface area contributed by atoms with Crippen molar-refractivity contribution in [1.82, 2.24) is 9.55 Å². The molecular formula is C18H17N2O4S-. The molecule has 0 aliphatic carbocycles. The first-order chi connectivity index (χ1) is 12.1. The molecule has 0 aliphatic rings. The van der Waals surface area contributed by atoms with Gasteiger partial charge >= 0.3 is 0 Å². The Morgan fingerprint density at radius 3 is 2.64 bits per heavy atom. The van der Waals surface area contributed by atoms with Crippen LogP contribution >= 0.6 is 11.3 Å². The quantitative estimate of drug-likeness (QED) is 0.675. The SMILES string of the molecule is CCOc1ccc(-c2csc3ncn([C@@H](CC)C(=O)[O-])c(=O)c23)cc1. The van der Waals surface area contributed by atoms with E-state index in [1.807, 2.05) is 36.6 Å². The highest BCUT2D eigenvalue weighted by Crippen LogP contribution is 2.32. The van der Waals surface area contributed by atoms with Gasteiger partial charge in [0.2, 0.25) is 0 Å². The summed E-state index contributed by atoms with van der Waals surface area (Å²) in [5.74, 6) is -0.534. The fourth-order valence-corrected chi connectivity index (χ4v) is 3.66. The van der Waals surface area contributed by atoms with E-state index in [9.17, 15) is 14.7 Å². The second-order valence-corrected chi connectivity index (χ2v) is 6.35.